The molecule has 0 spiro atoms. The topological polar surface area (TPSA) is 128 Å². The van der Waals surface area contributed by atoms with Gasteiger partial charge < -0.3 is 16.4 Å². The van der Waals surface area contributed by atoms with Gasteiger partial charge in [0.1, 0.15) is 12.4 Å². The molecule has 2 aromatic carbocycles. The predicted molar refractivity (Wildman–Crippen MR) is 153 cm³/mol. The normalized spacial score (nSPS) is 10.9. The molecule has 3 heterocycles. The molecule has 0 fully saturated rings. The van der Waals surface area contributed by atoms with Gasteiger partial charge in [-0.15, -0.1) is 0 Å². The van der Waals surface area contributed by atoms with E-state index in [1.54, 1.807) is 24.7 Å². The van der Waals surface area contributed by atoms with E-state index in [2.05, 4.69) is 25.6 Å². The van der Waals surface area contributed by atoms with Gasteiger partial charge in [-0.2, -0.15) is 0 Å². The van der Waals surface area contributed by atoms with E-state index < -0.39 is 0 Å². The first kappa shape index (κ1) is 25.6. The van der Waals surface area contributed by atoms with E-state index >= 15 is 0 Å². The number of pyridine rings is 2. The number of carbonyl (C=O) groups excluding carboxylic acids is 1. The highest BCUT2D eigenvalue weighted by atomic mass is 16.2. The van der Waals surface area contributed by atoms with Gasteiger partial charge >= 0.3 is 0 Å². The van der Waals surface area contributed by atoms with E-state index in [1.807, 2.05) is 67.6 Å². The van der Waals surface area contributed by atoms with Gasteiger partial charge in [-0.25, -0.2) is 9.97 Å². The van der Waals surface area contributed by atoms with Crippen molar-refractivity contribution in [3.63, 3.8) is 0 Å². The molecule has 9 nitrogen and oxygen atoms in total. The Balaban J connectivity index is 1.44. The van der Waals surface area contributed by atoms with E-state index in [-0.39, 0.29) is 30.4 Å². The van der Waals surface area contributed by atoms with Gasteiger partial charge in [-0.05, 0) is 42.0 Å². The van der Waals surface area contributed by atoms with Crippen molar-refractivity contribution in [1.29, 1.82) is 0 Å². The van der Waals surface area contributed by atoms with Crippen molar-refractivity contribution >= 4 is 28.3 Å². The molecule has 5 rings (SSSR count). The maximum atomic E-state index is 13.7. The summed E-state index contributed by atoms with van der Waals surface area (Å²) in [5.74, 6) is 0.314. The van der Waals surface area contributed by atoms with E-state index in [0.717, 1.165) is 39.6 Å². The predicted octanol–water partition coefficient (Wildman–Crippen LogP) is 3.72. The van der Waals surface area contributed by atoms with Gasteiger partial charge in [0.15, 0.2) is 5.82 Å². The van der Waals surface area contributed by atoms with Crippen molar-refractivity contribution in [2.24, 2.45) is 0 Å². The number of nitrogens with zero attached hydrogens (tertiary/aromatic N) is 4. The molecule has 3 aromatic heterocycles. The Morgan fingerprint density at radius 3 is 2.67 bits per heavy atom. The molecule has 0 aliphatic carbocycles. The summed E-state index contributed by atoms with van der Waals surface area (Å²) in [6.45, 7) is 2.47. The highest BCUT2D eigenvalue weighted by molar-refractivity contribution is 5.95. The molecule has 0 atom stereocenters. The summed E-state index contributed by atoms with van der Waals surface area (Å²) in [4.78, 5) is 39.7. The Labute approximate surface area is 225 Å². The minimum Gasteiger partial charge on any atom is -0.384 e. The molecule has 1 amide bonds. The van der Waals surface area contributed by atoms with E-state index in [1.165, 1.54) is 4.57 Å². The number of nitrogens with two attached hydrogens (primary N) is 1. The standard InChI is InChI=1S/C30H29N7O2/c1-20-22(10-11-27(31)36-20)17-34-28(38)19-37-26(25-9-5-8-23-16-32-14-13-24(23)25)18-35-29(30(37)39)33-15-12-21-6-3-2-4-7-21/h2-11,13-14,16,18H,12,15,17,19H2,1H3,(H2,31,36)(H,33,35)(H,34,38). The van der Waals surface area contributed by atoms with Crippen molar-refractivity contribution in [3.05, 3.63) is 112 Å². The summed E-state index contributed by atoms with van der Waals surface area (Å²) in [6, 6.07) is 21.2. The quantitative estimate of drug-likeness (QED) is 0.271. The highest BCUT2D eigenvalue weighted by Crippen LogP contribution is 2.27. The van der Waals surface area contributed by atoms with Crippen LogP contribution in [0.1, 0.15) is 16.8 Å². The largest absolute Gasteiger partial charge is 0.384 e. The maximum Gasteiger partial charge on any atom is 0.294 e. The van der Waals surface area contributed by atoms with Crippen LogP contribution in [0.15, 0.2) is 90.1 Å². The second-order valence-corrected chi connectivity index (χ2v) is 9.21. The van der Waals surface area contributed by atoms with Crippen LogP contribution in [0, 0.1) is 6.92 Å². The van der Waals surface area contributed by atoms with Crippen LogP contribution in [0.2, 0.25) is 0 Å². The third kappa shape index (κ3) is 5.93. The van der Waals surface area contributed by atoms with Crippen molar-refractivity contribution in [3.8, 4) is 11.3 Å². The minimum atomic E-state index is -0.368. The second-order valence-electron chi connectivity index (χ2n) is 9.21. The van der Waals surface area contributed by atoms with Crippen molar-refractivity contribution < 1.29 is 4.79 Å². The number of aromatic nitrogens is 4. The summed E-state index contributed by atoms with van der Waals surface area (Å²) in [5.41, 5.74) is 9.46. The molecular weight excluding hydrogens is 490 g/mol. The zero-order valence-electron chi connectivity index (χ0n) is 21.6. The smallest absolute Gasteiger partial charge is 0.294 e. The monoisotopic (exact) mass is 519 g/mol. The number of hydrogen-bond donors (Lipinski definition) is 3. The number of fused-ring (bicyclic) bond motifs is 1. The molecule has 4 N–H and O–H groups in total. The third-order valence-corrected chi connectivity index (χ3v) is 6.55. The molecule has 0 saturated carbocycles. The van der Waals surface area contributed by atoms with Crippen LogP contribution in [-0.2, 0) is 24.3 Å². The molecule has 0 unspecified atom stereocenters. The number of carbonyl (C=O) groups is 1. The zero-order valence-corrected chi connectivity index (χ0v) is 21.6. The second kappa shape index (κ2) is 11.6. The Kier molecular flexibility index (Phi) is 7.58. The Morgan fingerprint density at radius 2 is 1.85 bits per heavy atom. The van der Waals surface area contributed by atoms with Crippen molar-refractivity contribution in [2.75, 3.05) is 17.6 Å². The SMILES string of the molecule is Cc1nc(N)ccc1CNC(=O)Cn1c(-c2cccc3cnccc23)cnc(NCCc2ccccc2)c1=O. The van der Waals surface area contributed by atoms with Gasteiger partial charge in [-0.3, -0.25) is 19.1 Å². The van der Waals surface area contributed by atoms with Gasteiger partial charge in [-0.1, -0.05) is 54.6 Å². The molecule has 0 saturated heterocycles. The van der Waals surface area contributed by atoms with Crippen molar-refractivity contribution in [1.82, 2.24) is 24.8 Å². The Hall–Kier alpha value is -5.05. The molecule has 0 aliphatic rings. The summed E-state index contributed by atoms with van der Waals surface area (Å²) >= 11 is 0. The summed E-state index contributed by atoms with van der Waals surface area (Å²) in [7, 11) is 0. The molecule has 0 aliphatic heterocycles. The minimum absolute atomic E-state index is 0.174. The Morgan fingerprint density at radius 1 is 1.00 bits per heavy atom. The van der Waals surface area contributed by atoms with Crippen LogP contribution < -0.4 is 21.9 Å². The molecule has 0 bridgehead atoms. The molecule has 0 radical (unpaired) electrons. The first-order valence-corrected chi connectivity index (χ1v) is 12.7. The lowest BCUT2D eigenvalue weighted by atomic mass is 10.0. The summed E-state index contributed by atoms with van der Waals surface area (Å²) < 4.78 is 1.47. The van der Waals surface area contributed by atoms with Crippen LogP contribution >= 0.6 is 0 Å². The highest BCUT2D eigenvalue weighted by Gasteiger charge is 2.17. The zero-order chi connectivity index (χ0) is 27.2. The van der Waals surface area contributed by atoms with Gasteiger partial charge in [0.25, 0.3) is 5.56 Å². The van der Waals surface area contributed by atoms with Gasteiger partial charge in [0, 0.05) is 42.1 Å². The van der Waals surface area contributed by atoms with Crippen LogP contribution in [-0.4, -0.2) is 32.0 Å². The fourth-order valence-electron chi connectivity index (χ4n) is 4.49. The van der Waals surface area contributed by atoms with E-state index in [4.69, 9.17) is 5.73 Å². The van der Waals surface area contributed by atoms with Crippen LogP contribution in [0.3, 0.4) is 0 Å². The number of benzene rings is 2. The number of nitrogens with one attached hydrogen (secondary N) is 2. The number of rotatable bonds is 9. The third-order valence-electron chi connectivity index (χ3n) is 6.55. The number of aryl methyl sites for hydroxylation is 1. The lowest BCUT2D eigenvalue weighted by molar-refractivity contribution is -0.121. The lowest BCUT2D eigenvalue weighted by Gasteiger charge is -2.16. The molecule has 9 heteroatoms. The summed E-state index contributed by atoms with van der Waals surface area (Å²) in [6.07, 6.45) is 5.85. The number of hydrogen-bond acceptors (Lipinski definition) is 7. The van der Waals surface area contributed by atoms with Crippen molar-refractivity contribution in [2.45, 2.75) is 26.4 Å². The fraction of sp³-hybridized carbons (Fsp3) is 0.167. The first-order valence-electron chi connectivity index (χ1n) is 12.7. The number of nitrogen functional groups attached to an aromatic ring is 1. The number of amides is 1. The van der Waals surface area contributed by atoms with E-state index in [9.17, 15) is 9.59 Å². The van der Waals surface area contributed by atoms with Gasteiger partial charge in [0.2, 0.25) is 5.91 Å². The molecule has 196 valence electrons. The van der Waals surface area contributed by atoms with Crippen LogP contribution in [0.5, 0.6) is 0 Å². The van der Waals surface area contributed by atoms with Crippen LogP contribution in [0.25, 0.3) is 22.0 Å². The Bertz CT molecular complexity index is 1680. The van der Waals surface area contributed by atoms with Gasteiger partial charge in [0.05, 0.1) is 11.9 Å². The molecular formula is C30H29N7O2. The fourth-order valence-corrected chi connectivity index (χ4v) is 4.49. The van der Waals surface area contributed by atoms with E-state index in [0.29, 0.717) is 18.1 Å². The average Bonchev–Trinajstić information content (AvgIpc) is 2.95. The maximum absolute atomic E-state index is 13.7. The number of anilines is 2. The lowest BCUT2D eigenvalue weighted by Crippen LogP contribution is -2.34. The first-order chi connectivity index (χ1) is 19.0. The molecule has 39 heavy (non-hydrogen) atoms. The summed E-state index contributed by atoms with van der Waals surface area (Å²) in [5, 5.41) is 7.90. The van der Waals surface area contributed by atoms with Crippen LogP contribution in [0.4, 0.5) is 11.6 Å². The molecule has 5 aromatic rings. The average molecular weight is 520 g/mol.